The normalized spacial score (nSPS) is 25.1. The standard InChI is InChI=1S/C8H9F3/c1-6-3-2-4-7(5-6)8(9,10)11/h2-3,5,7H,4H2,1H3. The van der Waals surface area contributed by atoms with E-state index in [0.29, 0.717) is 5.57 Å². The molecule has 0 aromatic heterocycles. The van der Waals surface area contributed by atoms with Crippen LogP contribution in [0.1, 0.15) is 13.3 Å². The Hall–Kier alpha value is -0.730. The molecule has 1 aliphatic carbocycles. The first-order valence-electron chi connectivity index (χ1n) is 3.42. The molecule has 0 aliphatic heterocycles. The highest BCUT2D eigenvalue weighted by atomic mass is 19.4. The summed E-state index contributed by atoms with van der Waals surface area (Å²) >= 11 is 0. The monoisotopic (exact) mass is 162 g/mol. The zero-order valence-electron chi connectivity index (χ0n) is 6.15. The molecule has 0 nitrogen and oxygen atoms in total. The first kappa shape index (κ1) is 8.37. The molecular weight excluding hydrogens is 153 g/mol. The van der Waals surface area contributed by atoms with E-state index in [0.717, 1.165) is 0 Å². The smallest absolute Gasteiger partial charge is 0.170 e. The third-order valence-electron chi connectivity index (χ3n) is 1.66. The van der Waals surface area contributed by atoms with Crippen LogP contribution < -0.4 is 0 Å². The lowest BCUT2D eigenvalue weighted by atomic mass is 9.97. The van der Waals surface area contributed by atoms with Crippen molar-refractivity contribution in [2.75, 3.05) is 0 Å². The first-order chi connectivity index (χ1) is 5.00. The third kappa shape index (κ3) is 2.10. The van der Waals surface area contributed by atoms with Crippen LogP contribution in [-0.4, -0.2) is 6.18 Å². The first-order valence-corrected chi connectivity index (χ1v) is 3.42. The van der Waals surface area contributed by atoms with Crippen LogP contribution in [0.3, 0.4) is 0 Å². The van der Waals surface area contributed by atoms with Gasteiger partial charge in [0, 0.05) is 0 Å². The molecule has 62 valence electrons. The van der Waals surface area contributed by atoms with E-state index in [1.54, 1.807) is 19.1 Å². The molecule has 0 saturated carbocycles. The van der Waals surface area contributed by atoms with Gasteiger partial charge in [-0.1, -0.05) is 23.8 Å². The van der Waals surface area contributed by atoms with Gasteiger partial charge in [0.2, 0.25) is 0 Å². The summed E-state index contributed by atoms with van der Waals surface area (Å²) in [5, 5.41) is 0. The Labute approximate surface area is 63.4 Å². The van der Waals surface area contributed by atoms with Crippen LogP contribution in [0.2, 0.25) is 0 Å². The van der Waals surface area contributed by atoms with Crippen LogP contribution in [-0.2, 0) is 0 Å². The maximum atomic E-state index is 12.0. The number of halogens is 3. The summed E-state index contributed by atoms with van der Waals surface area (Å²) in [6.45, 7) is 1.68. The molecule has 0 spiro atoms. The summed E-state index contributed by atoms with van der Waals surface area (Å²) < 4.78 is 36.1. The number of rotatable bonds is 0. The molecule has 0 radical (unpaired) electrons. The van der Waals surface area contributed by atoms with Crippen molar-refractivity contribution in [1.82, 2.24) is 0 Å². The molecule has 0 saturated heterocycles. The van der Waals surface area contributed by atoms with Gasteiger partial charge < -0.3 is 0 Å². The van der Waals surface area contributed by atoms with Crippen molar-refractivity contribution in [2.45, 2.75) is 19.5 Å². The Bertz CT molecular complexity index is 198. The van der Waals surface area contributed by atoms with Crippen molar-refractivity contribution >= 4 is 0 Å². The SMILES string of the molecule is CC1=CC(C(F)(F)F)CC=C1. The fourth-order valence-electron chi connectivity index (χ4n) is 1.07. The van der Waals surface area contributed by atoms with Crippen molar-refractivity contribution in [1.29, 1.82) is 0 Å². The summed E-state index contributed by atoms with van der Waals surface area (Å²) in [5.74, 6) is -1.27. The second-order valence-electron chi connectivity index (χ2n) is 2.70. The highest BCUT2D eigenvalue weighted by Gasteiger charge is 2.37. The molecular formula is C8H9F3. The van der Waals surface area contributed by atoms with E-state index in [1.165, 1.54) is 6.08 Å². The Morgan fingerprint density at radius 3 is 2.45 bits per heavy atom. The molecule has 1 unspecified atom stereocenters. The Balaban J connectivity index is 2.71. The van der Waals surface area contributed by atoms with Gasteiger partial charge in [-0.15, -0.1) is 0 Å². The van der Waals surface area contributed by atoms with E-state index in [1.807, 2.05) is 0 Å². The molecule has 0 heterocycles. The average Bonchev–Trinajstić information content (AvgIpc) is 1.86. The van der Waals surface area contributed by atoms with Gasteiger partial charge in [0.25, 0.3) is 0 Å². The molecule has 1 atom stereocenters. The van der Waals surface area contributed by atoms with Gasteiger partial charge in [-0.3, -0.25) is 0 Å². The largest absolute Gasteiger partial charge is 0.395 e. The van der Waals surface area contributed by atoms with Gasteiger partial charge in [-0.05, 0) is 13.3 Å². The second-order valence-corrected chi connectivity index (χ2v) is 2.70. The maximum Gasteiger partial charge on any atom is 0.395 e. The summed E-state index contributed by atoms with van der Waals surface area (Å²) in [5.41, 5.74) is 0.693. The fourth-order valence-corrected chi connectivity index (χ4v) is 1.07. The van der Waals surface area contributed by atoms with E-state index in [4.69, 9.17) is 0 Å². The number of hydrogen-bond acceptors (Lipinski definition) is 0. The van der Waals surface area contributed by atoms with Crippen LogP contribution in [0, 0.1) is 5.92 Å². The summed E-state index contributed by atoms with van der Waals surface area (Å²) in [7, 11) is 0. The zero-order chi connectivity index (χ0) is 8.48. The van der Waals surface area contributed by atoms with Crippen molar-refractivity contribution in [3.05, 3.63) is 23.8 Å². The van der Waals surface area contributed by atoms with E-state index in [2.05, 4.69) is 0 Å². The van der Waals surface area contributed by atoms with Crippen LogP contribution in [0.5, 0.6) is 0 Å². The van der Waals surface area contributed by atoms with Crippen molar-refractivity contribution in [3.8, 4) is 0 Å². The Kier molecular flexibility index (Phi) is 2.07. The predicted molar refractivity (Wildman–Crippen MR) is 37.1 cm³/mol. The van der Waals surface area contributed by atoms with Crippen LogP contribution >= 0.6 is 0 Å². The maximum absolute atomic E-state index is 12.0. The zero-order valence-corrected chi connectivity index (χ0v) is 6.15. The lowest BCUT2D eigenvalue weighted by molar-refractivity contribution is -0.160. The molecule has 0 amide bonds. The number of hydrogen-bond donors (Lipinski definition) is 0. The topological polar surface area (TPSA) is 0 Å². The van der Waals surface area contributed by atoms with Gasteiger partial charge >= 0.3 is 6.18 Å². The minimum atomic E-state index is -4.08. The fraction of sp³-hybridized carbons (Fsp3) is 0.500. The van der Waals surface area contributed by atoms with Crippen molar-refractivity contribution in [2.24, 2.45) is 5.92 Å². The second kappa shape index (κ2) is 2.72. The van der Waals surface area contributed by atoms with Crippen LogP contribution in [0.4, 0.5) is 13.2 Å². The molecule has 3 heteroatoms. The molecule has 11 heavy (non-hydrogen) atoms. The van der Waals surface area contributed by atoms with Gasteiger partial charge in [-0.2, -0.15) is 13.2 Å². The van der Waals surface area contributed by atoms with E-state index >= 15 is 0 Å². The summed E-state index contributed by atoms with van der Waals surface area (Å²) in [6.07, 6.45) is 0.544. The molecule has 0 aromatic carbocycles. The average molecular weight is 162 g/mol. The van der Waals surface area contributed by atoms with Gasteiger partial charge in [0.1, 0.15) is 0 Å². The summed E-state index contributed by atoms with van der Waals surface area (Å²) in [6, 6.07) is 0. The quantitative estimate of drug-likeness (QED) is 0.513. The molecule has 1 rings (SSSR count). The lowest BCUT2D eigenvalue weighted by Gasteiger charge is -2.18. The van der Waals surface area contributed by atoms with Crippen LogP contribution in [0.15, 0.2) is 23.8 Å². The van der Waals surface area contributed by atoms with E-state index in [-0.39, 0.29) is 6.42 Å². The highest BCUT2D eigenvalue weighted by Crippen LogP contribution is 2.33. The van der Waals surface area contributed by atoms with E-state index < -0.39 is 12.1 Å². The van der Waals surface area contributed by atoms with Gasteiger partial charge in [-0.25, -0.2) is 0 Å². The Morgan fingerprint density at radius 1 is 1.45 bits per heavy atom. The van der Waals surface area contributed by atoms with E-state index in [9.17, 15) is 13.2 Å². The van der Waals surface area contributed by atoms with Crippen molar-refractivity contribution < 1.29 is 13.2 Å². The molecule has 0 N–H and O–H groups in total. The van der Waals surface area contributed by atoms with Gasteiger partial charge in [0.05, 0.1) is 5.92 Å². The number of allylic oxidation sites excluding steroid dienone is 4. The number of alkyl halides is 3. The molecule has 0 bridgehead atoms. The van der Waals surface area contributed by atoms with Gasteiger partial charge in [0.15, 0.2) is 0 Å². The summed E-state index contributed by atoms with van der Waals surface area (Å²) in [4.78, 5) is 0. The molecule has 0 fully saturated rings. The molecule has 0 aromatic rings. The minimum Gasteiger partial charge on any atom is -0.170 e. The molecule has 1 aliphatic rings. The minimum absolute atomic E-state index is 0.0842. The third-order valence-corrected chi connectivity index (χ3v) is 1.66. The predicted octanol–water partition coefficient (Wildman–Crippen LogP) is 3.07. The lowest BCUT2D eigenvalue weighted by Crippen LogP contribution is -2.21. The van der Waals surface area contributed by atoms with Crippen LogP contribution in [0.25, 0.3) is 0 Å². The highest BCUT2D eigenvalue weighted by molar-refractivity contribution is 5.22. The van der Waals surface area contributed by atoms with Crippen molar-refractivity contribution in [3.63, 3.8) is 0 Å². The Morgan fingerprint density at radius 2 is 2.09 bits per heavy atom.